The summed E-state index contributed by atoms with van der Waals surface area (Å²) in [5.41, 5.74) is 2.69. The van der Waals surface area contributed by atoms with E-state index in [0.29, 0.717) is 51.6 Å². The minimum atomic E-state index is -0.296. The van der Waals surface area contributed by atoms with E-state index in [1.54, 1.807) is 0 Å². The molecule has 3 heterocycles. The van der Waals surface area contributed by atoms with Gasteiger partial charge in [0.25, 0.3) is 11.8 Å². The molecule has 31 heavy (non-hydrogen) atoms. The molecule has 2 amide bonds. The molecule has 0 aromatic heterocycles. The van der Waals surface area contributed by atoms with Crippen molar-refractivity contribution >= 4 is 11.8 Å². The van der Waals surface area contributed by atoms with Crippen LogP contribution in [0, 0.1) is 0 Å². The SMILES string of the molecule is O=C(c1ccc(-c2ccc3c(c2)OCCO3)cc1)N1CCN(C(=O)[C@@H]2CCCO2)CC1. The van der Waals surface area contributed by atoms with E-state index in [1.165, 1.54) is 0 Å². The van der Waals surface area contributed by atoms with E-state index in [9.17, 15) is 9.59 Å². The maximum atomic E-state index is 12.9. The third-order valence-corrected chi connectivity index (χ3v) is 6.09. The van der Waals surface area contributed by atoms with Gasteiger partial charge in [-0.25, -0.2) is 0 Å². The molecule has 1 atom stereocenters. The maximum Gasteiger partial charge on any atom is 0.253 e. The van der Waals surface area contributed by atoms with Gasteiger partial charge in [-0.05, 0) is 48.2 Å². The summed E-state index contributed by atoms with van der Waals surface area (Å²) < 4.78 is 16.7. The zero-order valence-corrected chi connectivity index (χ0v) is 17.4. The van der Waals surface area contributed by atoms with Crippen LogP contribution >= 0.6 is 0 Å². The smallest absolute Gasteiger partial charge is 0.253 e. The molecular formula is C24H26N2O5. The van der Waals surface area contributed by atoms with E-state index in [1.807, 2.05) is 52.3 Å². The number of nitrogens with zero attached hydrogens (tertiary/aromatic N) is 2. The van der Waals surface area contributed by atoms with Crippen LogP contribution in [0.2, 0.25) is 0 Å². The Bertz CT molecular complexity index is 960. The lowest BCUT2D eigenvalue weighted by molar-refractivity contribution is -0.142. The molecule has 7 heteroatoms. The van der Waals surface area contributed by atoms with Crippen molar-refractivity contribution in [3.63, 3.8) is 0 Å². The van der Waals surface area contributed by atoms with Crippen molar-refractivity contribution < 1.29 is 23.8 Å². The summed E-state index contributed by atoms with van der Waals surface area (Å²) in [4.78, 5) is 29.1. The summed E-state index contributed by atoms with van der Waals surface area (Å²) in [7, 11) is 0. The van der Waals surface area contributed by atoms with Gasteiger partial charge >= 0.3 is 0 Å². The molecule has 2 fully saturated rings. The van der Waals surface area contributed by atoms with E-state index in [4.69, 9.17) is 14.2 Å². The van der Waals surface area contributed by atoms with Gasteiger partial charge in [-0.15, -0.1) is 0 Å². The van der Waals surface area contributed by atoms with Gasteiger partial charge in [0.15, 0.2) is 11.5 Å². The first kappa shape index (κ1) is 19.9. The second-order valence-corrected chi connectivity index (χ2v) is 8.05. The standard InChI is InChI=1S/C24H26N2O5/c27-23(25-9-11-26(12-10-25)24(28)21-2-1-13-29-21)18-5-3-17(4-6-18)19-7-8-20-22(16-19)31-15-14-30-20/h3-8,16,21H,1-2,9-15H2/t21-/m0/s1. The zero-order valence-electron chi connectivity index (χ0n) is 17.4. The molecule has 0 spiro atoms. The highest BCUT2D eigenvalue weighted by atomic mass is 16.6. The van der Waals surface area contributed by atoms with Crippen LogP contribution in [-0.2, 0) is 9.53 Å². The van der Waals surface area contributed by atoms with Crippen molar-refractivity contribution in [1.29, 1.82) is 0 Å². The number of amides is 2. The average molecular weight is 422 g/mol. The lowest BCUT2D eigenvalue weighted by Crippen LogP contribution is -2.52. The number of carbonyl (C=O) groups excluding carboxylic acids is 2. The van der Waals surface area contributed by atoms with E-state index < -0.39 is 0 Å². The molecule has 3 aliphatic heterocycles. The van der Waals surface area contributed by atoms with Crippen LogP contribution in [0.25, 0.3) is 11.1 Å². The first-order chi connectivity index (χ1) is 15.2. The van der Waals surface area contributed by atoms with E-state index >= 15 is 0 Å². The molecule has 0 aliphatic carbocycles. The van der Waals surface area contributed by atoms with Gasteiger partial charge in [-0.3, -0.25) is 9.59 Å². The number of fused-ring (bicyclic) bond motifs is 1. The normalized spacial score (nSPS) is 20.6. The quantitative estimate of drug-likeness (QED) is 0.761. The van der Waals surface area contributed by atoms with Gasteiger partial charge in [-0.2, -0.15) is 0 Å². The number of rotatable bonds is 3. The van der Waals surface area contributed by atoms with E-state index in [0.717, 1.165) is 35.5 Å². The summed E-state index contributed by atoms with van der Waals surface area (Å²) in [6, 6.07) is 13.5. The van der Waals surface area contributed by atoms with Gasteiger partial charge in [0.05, 0.1) is 0 Å². The molecule has 0 unspecified atom stereocenters. The van der Waals surface area contributed by atoms with E-state index in [2.05, 4.69) is 0 Å². The zero-order chi connectivity index (χ0) is 21.2. The Morgan fingerprint density at radius 2 is 1.45 bits per heavy atom. The Kier molecular flexibility index (Phi) is 5.51. The monoisotopic (exact) mass is 422 g/mol. The number of benzene rings is 2. The minimum Gasteiger partial charge on any atom is -0.486 e. The van der Waals surface area contributed by atoms with Crippen LogP contribution in [0.1, 0.15) is 23.2 Å². The van der Waals surface area contributed by atoms with Crippen LogP contribution in [0.5, 0.6) is 11.5 Å². The Labute approximate surface area is 181 Å². The fourth-order valence-electron chi connectivity index (χ4n) is 4.32. The van der Waals surface area contributed by atoms with Crippen LogP contribution in [0.4, 0.5) is 0 Å². The highest BCUT2D eigenvalue weighted by Crippen LogP contribution is 2.34. The molecule has 3 aliphatic rings. The predicted octanol–water partition coefficient (Wildman–Crippen LogP) is 2.59. The Morgan fingerprint density at radius 1 is 0.774 bits per heavy atom. The fraction of sp³-hybridized carbons (Fsp3) is 0.417. The largest absolute Gasteiger partial charge is 0.486 e. The highest BCUT2D eigenvalue weighted by molar-refractivity contribution is 5.95. The number of hydrogen-bond donors (Lipinski definition) is 0. The van der Waals surface area contributed by atoms with Crippen molar-refractivity contribution in [3.05, 3.63) is 48.0 Å². The molecule has 0 bridgehead atoms. The summed E-state index contributed by atoms with van der Waals surface area (Å²) in [6.07, 6.45) is 1.44. The first-order valence-electron chi connectivity index (χ1n) is 10.9. The predicted molar refractivity (Wildman–Crippen MR) is 114 cm³/mol. The van der Waals surface area contributed by atoms with Gasteiger partial charge in [0, 0.05) is 38.3 Å². The van der Waals surface area contributed by atoms with Crippen LogP contribution in [0.15, 0.2) is 42.5 Å². The van der Waals surface area contributed by atoms with Crippen LogP contribution < -0.4 is 9.47 Å². The van der Waals surface area contributed by atoms with Crippen LogP contribution in [-0.4, -0.2) is 73.7 Å². The number of carbonyl (C=O) groups is 2. The molecule has 2 aromatic carbocycles. The van der Waals surface area contributed by atoms with E-state index in [-0.39, 0.29) is 17.9 Å². The topological polar surface area (TPSA) is 68.3 Å². The molecule has 0 saturated carbocycles. The summed E-state index contributed by atoms with van der Waals surface area (Å²) in [5.74, 6) is 1.57. The van der Waals surface area contributed by atoms with Gasteiger partial charge < -0.3 is 24.0 Å². The molecule has 2 aromatic rings. The molecule has 0 N–H and O–H groups in total. The highest BCUT2D eigenvalue weighted by Gasteiger charge is 2.31. The van der Waals surface area contributed by atoms with Crippen LogP contribution in [0.3, 0.4) is 0 Å². The summed E-state index contributed by atoms with van der Waals surface area (Å²) in [6.45, 7) is 3.98. The Balaban J connectivity index is 1.21. The molecule has 0 radical (unpaired) electrons. The average Bonchev–Trinajstić information content (AvgIpc) is 3.38. The van der Waals surface area contributed by atoms with Gasteiger partial charge in [-0.1, -0.05) is 18.2 Å². The van der Waals surface area contributed by atoms with Crippen molar-refractivity contribution in [1.82, 2.24) is 9.80 Å². The molecule has 5 rings (SSSR count). The Morgan fingerprint density at radius 3 is 2.16 bits per heavy atom. The first-order valence-corrected chi connectivity index (χ1v) is 10.9. The second-order valence-electron chi connectivity index (χ2n) is 8.05. The number of piperazine rings is 1. The lowest BCUT2D eigenvalue weighted by atomic mass is 10.0. The van der Waals surface area contributed by atoms with Crippen molar-refractivity contribution in [2.24, 2.45) is 0 Å². The lowest BCUT2D eigenvalue weighted by Gasteiger charge is -2.35. The molecular weight excluding hydrogens is 396 g/mol. The molecule has 2 saturated heterocycles. The minimum absolute atomic E-state index is 0.00191. The second kappa shape index (κ2) is 8.59. The molecule has 7 nitrogen and oxygen atoms in total. The number of ether oxygens (including phenoxy) is 3. The summed E-state index contributed by atoms with van der Waals surface area (Å²) >= 11 is 0. The third kappa shape index (κ3) is 4.10. The summed E-state index contributed by atoms with van der Waals surface area (Å²) in [5, 5.41) is 0. The fourth-order valence-corrected chi connectivity index (χ4v) is 4.32. The van der Waals surface area contributed by atoms with Gasteiger partial charge in [0.1, 0.15) is 19.3 Å². The van der Waals surface area contributed by atoms with Crippen molar-refractivity contribution in [2.75, 3.05) is 46.0 Å². The van der Waals surface area contributed by atoms with Crippen molar-refractivity contribution in [2.45, 2.75) is 18.9 Å². The van der Waals surface area contributed by atoms with Crippen molar-refractivity contribution in [3.8, 4) is 22.6 Å². The number of hydrogen-bond acceptors (Lipinski definition) is 5. The molecule has 162 valence electrons. The Hall–Kier alpha value is -3.06. The maximum absolute atomic E-state index is 12.9. The van der Waals surface area contributed by atoms with Gasteiger partial charge in [0.2, 0.25) is 0 Å². The third-order valence-electron chi connectivity index (χ3n) is 6.09.